The van der Waals surface area contributed by atoms with E-state index in [-0.39, 0.29) is 48.3 Å². The first-order valence-corrected chi connectivity index (χ1v) is 11.8. The Hall–Kier alpha value is -2.61. The zero-order chi connectivity index (χ0) is 24.1. The average Bonchev–Trinajstić information content (AvgIpc) is 3.33. The highest BCUT2D eigenvalue weighted by atomic mass is 16.5. The van der Waals surface area contributed by atoms with Gasteiger partial charge >= 0.3 is 0 Å². The van der Waals surface area contributed by atoms with Gasteiger partial charge in [-0.3, -0.25) is 14.4 Å². The number of anilines is 1. The minimum atomic E-state index is -0.234. The molecule has 0 aromatic heterocycles. The maximum absolute atomic E-state index is 13.4. The van der Waals surface area contributed by atoms with Crippen LogP contribution in [0.4, 0.5) is 5.69 Å². The highest BCUT2D eigenvalue weighted by Gasteiger charge is 2.29. The van der Waals surface area contributed by atoms with Crippen molar-refractivity contribution in [3.63, 3.8) is 0 Å². The summed E-state index contributed by atoms with van der Waals surface area (Å²) in [6.45, 7) is 6.65. The number of hydrogen-bond acceptors (Lipinski definition) is 5. The van der Waals surface area contributed by atoms with E-state index in [2.05, 4.69) is 5.32 Å². The molecule has 0 saturated heterocycles. The van der Waals surface area contributed by atoms with Gasteiger partial charge < -0.3 is 24.6 Å². The molecule has 0 bridgehead atoms. The van der Waals surface area contributed by atoms with Gasteiger partial charge in [0.05, 0.1) is 17.7 Å². The molecule has 8 nitrogen and oxygen atoms in total. The summed E-state index contributed by atoms with van der Waals surface area (Å²) in [4.78, 5) is 41.7. The van der Waals surface area contributed by atoms with Gasteiger partial charge in [0.1, 0.15) is 12.4 Å². The number of hydrogen-bond donors (Lipinski definition) is 1. The molecule has 1 N–H and O–H groups in total. The van der Waals surface area contributed by atoms with Crippen molar-refractivity contribution in [3.05, 3.63) is 23.8 Å². The van der Waals surface area contributed by atoms with Gasteiger partial charge in [-0.1, -0.05) is 19.8 Å². The van der Waals surface area contributed by atoms with Crippen LogP contribution in [-0.2, 0) is 14.3 Å². The molecule has 1 aliphatic carbocycles. The van der Waals surface area contributed by atoms with Crippen LogP contribution < -0.4 is 10.1 Å². The maximum atomic E-state index is 13.4. The number of fused-ring (bicyclic) bond motifs is 1. The van der Waals surface area contributed by atoms with Gasteiger partial charge in [-0.15, -0.1) is 0 Å². The highest BCUT2D eigenvalue weighted by Crippen LogP contribution is 2.29. The average molecular weight is 460 g/mol. The number of carbonyl (C=O) groups excluding carboxylic acids is 3. The van der Waals surface area contributed by atoms with Crippen LogP contribution in [0.15, 0.2) is 18.2 Å². The quantitative estimate of drug-likeness (QED) is 0.750. The van der Waals surface area contributed by atoms with Gasteiger partial charge in [0.15, 0.2) is 0 Å². The Labute approximate surface area is 196 Å². The molecular weight excluding hydrogens is 422 g/mol. The monoisotopic (exact) mass is 459 g/mol. The molecule has 8 heteroatoms. The standard InChI is InChI=1S/C25H37N3O5/c1-16-13-28(18(3)29)17(2)15-33-22-11-10-20(26-24(30)19-8-6-7-9-19)12-21(22)25(31)27(4)14-23(16)32-5/h10-12,16-17,19,23H,6-9,13-15H2,1-5H3,(H,26,30)/t16-,17+,23-/m1/s1. The predicted molar refractivity (Wildman–Crippen MR) is 126 cm³/mol. The van der Waals surface area contributed by atoms with E-state index in [0.29, 0.717) is 30.1 Å². The SMILES string of the molecule is CO[C@@H]1CN(C)C(=O)c2cc(NC(=O)C3CCCC3)ccc2OC[C@H](C)N(C(C)=O)C[C@H]1C. The summed E-state index contributed by atoms with van der Waals surface area (Å²) in [5, 5.41) is 2.97. The van der Waals surface area contributed by atoms with Crippen LogP contribution in [0.5, 0.6) is 5.75 Å². The number of methoxy groups -OCH3 is 1. The largest absolute Gasteiger partial charge is 0.491 e. The normalized spacial score (nSPS) is 25.0. The summed E-state index contributed by atoms with van der Waals surface area (Å²) >= 11 is 0. The smallest absolute Gasteiger partial charge is 0.257 e. The number of ether oxygens (including phenoxy) is 2. The Balaban J connectivity index is 1.91. The molecule has 1 aromatic carbocycles. The van der Waals surface area contributed by atoms with Crippen LogP contribution >= 0.6 is 0 Å². The van der Waals surface area contributed by atoms with Crippen molar-refractivity contribution in [3.8, 4) is 5.75 Å². The van der Waals surface area contributed by atoms with E-state index in [1.54, 1.807) is 49.1 Å². The highest BCUT2D eigenvalue weighted by molar-refractivity contribution is 5.99. The van der Waals surface area contributed by atoms with Gasteiger partial charge in [-0.25, -0.2) is 0 Å². The minimum absolute atomic E-state index is 0.00122. The Morgan fingerprint density at radius 3 is 2.48 bits per heavy atom. The molecule has 0 unspecified atom stereocenters. The van der Waals surface area contributed by atoms with Gasteiger partial charge in [-0.05, 0) is 38.0 Å². The second-order valence-corrected chi connectivity index (χ2v) is 9.45. The summed E-state index contributed by atoms with van der Waals surface area (Å²) in [5.74, 6) is 0.257. The number of carbonyl (C=O) groups is 3. The lowest BCUT2D eigenvalue weighted by Gasteiger charge is -2.35. The van der Waals surface area contributed by atoms with Crippen LogP contribution in [-0.4, -0.2) is 73.5 Å². The Morgan fingerprint density at radius 1 is 1.15 bits per heavy atom. The summed E-state index contributed by atoms with van der Waals surface area (Å²) in [7, 11) is 3.35. The van der Waals surface area contributed by atoms with E-state index in [1.165, 1.54) is 0 Å². The molecule has 182 valence electrons. The molecule has 1 aliphatic heterocycles. The van der Waals surface area contributed by atoms with Crippen LogP contribution in [0.2, 0.25) is 0 Å². The number of nitrogens with zero attached hydrogens (tertiary/aromatic N) is 2. The van der Waals surface area contributed by atoms with Crippen molar-refractivity contribution in [1.29, 1.82) is 0 Å². The number of benzene rings is 1. The second-order valence-electron chi connectivity index (χ2n) is 9.45. The second kappa shape index (κ2) is 11.0. The maximum Gasteiger partial charge on any atom is 0.257 e. The zero-order valence-corrected chi connectivity index (χ0v) is 20.4. The third-order valence-electron chi connectivity index (χ3n) is 6.84. The van der Waals surface area contributed by atoms with Crippen molar-refractivity contribution >= 4 is 23.4 Å². The summed E-state index contributed by atoms with van der Waals surface area (Å²) in [6.07, 6.45) is 3.73. The van der Waals surface area contributed by atoms with Crippen molar-refractivity contribution in [2.45, 2.75) is 58.6 Å². The first kappa shape index (κ1) is 25.0. The molecule has 1 saturated carbocycles. The lowest BCUT2D eigenvalue weighted by molar-refractivity contribution is -0.133. The van der Waals surface area contributed by atoms with Gasteiger partial charge in [0, 0.05) is 51.7 Å². The Morgan fingerprint density at radius 2 is 1.85 bits per heavy atom. The molecule has 0 radical (unpaired) electrons. The zero-order valence-electron chi connectivity index (χ0n) is 20.4. The molecule has 1 heterocycles. The fraction of sp³-hybridized carbons (Fsp3) is 0.640. The summed E-state index contributed by atoms with van der Waals surface area (Å²) < 4.78 is 11.7. The minimum Gasteiger partial charge on any atom is -0.491 e. The van der Waals surface area contributed by atoms with E-state index < -0.39 is 0 Å². The van der Waals surface area contributed by atoms with E-state index in [0.717, 1.165) is 25.7 Å². The first-order valence-electron chi connectivity index (χ1n) is 11.8. The lowest BCUT2D eigenvalue weighted by atomic mass is 10.0. The van der Waals surface area contributed by atoms with Crippen LogP contribution in [0.25, 0.3) is 0 Å². The molecule has 3 rings (SSSR count). The van der Waals surface area contributed by atoms with Crippen molar-refractivity contribution in [2.24, 2.45) is 11.8 Å². The van der Waals surface area contributed by atoms with E-state index in [4.69, 9.17) is 9.47 Å². The molecule has 3 atom stereocenters. The Bertz CT molecular complexity index is 868. The van der Waals surface area contributed by atoms with Crippen molar-refractivity contribution in [1.82, 2.24) is 9.80 Å². The third kappa shape index (κ3) is 6.05. The molecule has 33 heavy (non-hydrogen) atoms. The first-order chi connectivity index (χ1) is 15.7. The lowest BCUT2D eigenvalue weighted by Crippen LogP contribution is -2.48. The number of nitrogens with one attached hydrogen (secondary N) is 1. The van der Waals surface area contributed by atoms with Gasteiger partial charge in [-0.2, -0.15) is 0 Å². The van der Waals surface area contributed by atoms with Crippen molar-refractivity contribution < 1.29 is 23.9 Å². The van der Waals surface area contributed by atoms with E-state index in [9.17, 15) is 14.4 Å². The Kier molecular flexibility index (Phi) is 8.35. The summed E-state index contributed by atoms with van der Waals surface area (Å²) in [6, 6.07) is 4.99. The van der Waals surface area contributed by atoms with Crippen LogP contribution in [0, 0.1) is 11.8 Å². The van der Waals surface area contributed by atoms with Gasteiger partial charge in [0.25, 0.3) is 5.91 Å². The third-order valence-corrected chi connectivity index (χ3v) is 6.84. The number of likely N-dealkylation sites (N-methyl/N-ethyl adjacent to an activating group) is 1. The summed E-state index contributed by atoms with van der Waals surface area (Å²) in [5.41, 5.74) is 0.963. The topological polar surface area (TPSA) is 88.2 Å². The fourth-order valence-corrected chi connectivity index (χ4v) is 4.73. The number of rotatable bonds is 3. The van der Waals surface area contributed by atoms with Crippen LogP contribution in [0.1, 0.15) is 56.8 Å². The number of amides is 3. The molecule has 0 spiro atoms. The van der Waals surface area contributed by atoms with Gasteiger partial charge in [0.2, 0.25) is 11.8 Å². The molecule has 1 aromatic rings. The van der Waals surface area contributed by atoms with Crippen LogP contribution in [0.3, 0.4) is 0 Å². The predicted octanol–water partition coefficient (Wildman–Crippen LogP) is 3.17. The van der Waals surface area contributed by atoms with Crippen molar-refractivity contribution in [2.75, 3.05) is 39.2 Å². The molecular formula is C25H37N3O5. The fourth-order valence-electron chi connectivity index (χ4n) is 4.73. The molecule has 3 amide bonds. The molecule has 1 fully saturated rings. The molecule has 2 aliphatic rings. The van der Waals surface area contributed by atoms with E-state index in [1.807, 2.05) is 13.8 Å². The van der Waals surface area contributed by atoms with E-state index >= 15 is 0 Å².